The number of aromatic nitrogens is 4. The first kappa shape index (κ1) is 19.9. The molecule has 2 heterocycles. The Bertz CT molecular complexity index is 1220. The number of halogens is 1. The summed E-state index contributed by atoms with van der Waals surface area (Å²) < 4.78 is 32.2. The molecule has 3 aromatic rings. The van der Waals surface area contributed by atoms with E-state index in [4.69, 9.17) is 16.2 Å². The maximum atomic E-state index is 12.6. The van der Waals surface area contributed by atoms with Gasteiger partial charge in [-0.3, -0.25) is 14.4 Å². The summed E-state index contributed by atoms with van der Waals surface area (Å²) in [5.41, 5.74) is 1.60. The van der Waals surface area contributed by atoms with Crippen molar-refractivity contribution in [3.63, 3.8) is 0 Å². The van der Waals surface area contributed by atoms with E-state index in [0.29, 0.717) is 17.1 Å². The molecule has 0 radical (unpaired) electrons. The minimum Gasteiger partial charge on any atom is -0.290 e. The predicted octanol–water partition coefficient (Wildman–Crippen LogP) is 3.20. The van der Waals surface area contributed by atoms with Gasteiger partial charge in [-0.05, 0) is 45.0 Å². The molecule has 2 aromatic heterocycles. The highest BCUT2D eigenvalue weighted by atomic mass is 35.5. The molecular formula is C16H15ClN6O4S. The SMILES string of the molecule is Cc1nc(-n2[nH]c(C)c(N=Nc3ccc(S(=O)(=O)O)cc3)c2=O)nc(Cl)c1C. The standard InChI is InChI=1S/C16H15ClN6O4S/c1-8-9(2)18-16(19-14(8)17)23-15(24)13(10(3)22-23)21-20-11-4-6-12(7-5-11)28(25,26)27/h4-7,22H,1-3H3,(H,25,26,27). The van der Waals surface area contributed by atoms with Crippen LogP contribution in [0.3, 0.4) is 0 Å². The molecule has 0 unspecified atom stereocenters. The summed E-state index contributed by atoms with van der Waals surface area (Å²) >= 11 is 6.07. The second-order valence-corrected chi connectivity index (χ2v) is 7.70. The van der Waals surface area contributed by atoms with Gasteiger partial charge in [0.25, 0.3) is 16.1 Å². The van der Waals surface area contributed by atoms with Gasteiger partial charge >= 0.3 is 5.56 Å². The van der Waals surface area contributed by atoms with E-state index in [0.717, 1.165) is 10.2 Å². The van der Waals surface area contributed by atoms with Gasteiger partial charge in [-0.2, -0.15) is 23.2 Å². The summed E-state index contributed by atoms with van der Waals surface area (Å²) in [6.07, 6.45) is 0. The van der Waals surface area contributed by atoms with Crippen LogP contribution in [0, 0.1) is 20.8 Å². The van der Waals surface area contributed by atoms with E-state index in [1.54, 1.807) is 20.8 Å². The molecule has 0 atom stereocenters. The molecule has 28 heavy (non-hydrogen) atoms. The molecule has 0 aliphatic carbocycles. The summed E-state index contributed by atoms with van der Waals surface area (Å²) in [6.45, 7) is 5.16. The third-order valence-corrected chi connectivity index (χ3v) is 5.19. The van der Waals surface area contributed by atoms with Gasteiger partial charge in [0, 0.05) is 11.3 Å². The third kappa shape index (κ3) is 3.86. The smallest absolute Gasteiger partial charge is 0.290 e. The third-order valence-electron chi connectivity index (χ3n) is 3.96. The van der Waals surface area contributed by atoms with Gasteiger partial charge in [-0.25, -0.2) is 4.98 Å². The van der Waals surface area contributed by atoms with Crippen LogP contribution in [0.15, 0.2) is 44.2 Å². The van der Waals surface area contributed by atoms with Crippen molar-refractivity contribution in [2.75, 3.05) is 0 Å². The lowest BCUT2D eigenvalue weighted by atomic mass is 10.3. The Morgan fingerprint density at radius 3 is 2.32 bits per heavy atom. The van der Waals surface area contributed by atoms with Crippen molar-refractivity contribution in [3.8, 4) is 5.95 Å². The highest BCUT2D eigenvalue weighted by molar-refractivity contribution is 7.85. The Balaban J connectivity index is 1.97. The molecule has 0 fully saturated rings. The molecule has 0 bridgehead atoms. The Morgan fingerprint density at radius 2 is 1.75 bits per heavy atom. The van der Waals surface area contributed by atoms with Crippen LogP contribution in [0.1, 0.15) is 17.0 Å². The summed E-state index contributed by atoms with van der Waals surface area (Å²) in [5, 5.41) is 10.9. The molecule has 146 valence electrons. The first-order valence-electron chi connectivity index (χ1n) is 7.90. The fourth-order valence-electron chi connectivity index (χ4n) is 2.27. The van der Waals surface area contributed by atoms with Crippen molar-refractivity contribution in [1.29, 1.82) is 0 Å². The summed E-state index contributed by atoms with van der Waals surface area (Å²) in [4.78, 5) is 20.7. The molecule has 0 aliphatic heterocycles. The molecule has 12 heteroatoms. The van der Waals surface area contributed by atoms with Crippen LogP contribution in [0.4, 0.5) is 11.4 Å². The van der Waals surface area contributed by atoms with Gasteiger partial charge in [0.05, 0.1) is 16.3 Å². The van der Waals surface area contributed by atoms with Gasteiger partial charge < -0.3 is 0 Å². The Morgan fingerprint density at radius 1 is 1.11 bits per heavy atom. The highest BCUT2D eigenvalue weighted by Crippen LogP contribution is 2.21. The number of aryl methyl sites for hydroxylation is 2. The number of hydrogen-bond acceptors (Lipinski definition) is 7. The van der Waals surface area contributed by atoms with Crippen LogP contribution in [0.25, 0.3) is 5.95 Å². The van der Waals surface area contributed by atoms with Gasteiger partial charge in [-0.1, -0.05) is 11.6 Å². The second-order valence-electron chi connectivity index (χ2n) is 5.92. The molecule has 0 amide bonds. The zero-order valence-electron chi connectivity index (χ0n) is 15.0. The van der Waals surface area contributed by atoms with Gasteiger partial charge in [0.15, 0.2) is 5.69 Å². The number of hydrogen-bond donors (Lipinski definition) is 2. The lowest BCUT2D eigenvalue weighted by Gasteiger charge is -2.05. The summed E-state index contributed by atoms with van der Waals surface area (Å²) in [5.74, 6) is 0.0835. The van der Waals surface area contributed by atoms with E-state index in [2.05, 4.69) is 25.3 Å². The van der Waals surface area contributed by atoms with Crippen LogP contribution in [-0.2, 0) is 10.1 Å². The number of nitrogens with zero attached hydrogens (tertiary/aromatic N) is 5. The maximum Gasteiger partial charge on any atom is 0.301 e. The van der Waals surface area contributed by atoms with E-state index < -0.39 is 15.7 Å². The average molecular weight is 423 g/mol. The normalized spacial score (nSPS) is 12.0. The molecule has 10 nitrogen and oxygen atoms in total. The molecule has 0 aliphatic rings. The molecule has 0 spiro atoms. The van der Waals surface area contributed by atoms with Gasteiger partial charge in [0.1, 0.15) is 5.15 Å². The van der Waals surface area contributed by atoms with Crippen LogP contribution < -0.4 is 5.56 Å². The maximum absolute atomic E-state index is 12.6. The fourth-order valence-corrected chi connectivity index (χ4v) is 2.96. The van der Waals surface area contributed by atoms with E-state index in [-0.39, 0.29) is 21.7 Å². The quantitative estimate of drug-likeness (QED) is 0.375. The van der Waals surface area contributed by atoms with Gasteiger partial charge in [-0.15, -0.1) is 5.11 Å². The number of H-pyrrole nitrogens is 1. The summed E-state index contributed by atoms with van der Waals surface area (Å²) in [7, 11) is -4.29. The number of nitrogens with one attached hydrogen (secondary N) is 1. The van der Waals surface area contributed by atoms with Crippen molar-refractivity contribution < 1.29 is 13.0 Å². The molecule has 3 rings (SSSR count). The highest BCUT2D eigenvalue weighted by Gasteiger charge is 2.16. The second kappa shape index (κ2) is 7.26. The van der Waals surface area contributed by atoms with E-state index in [9.17, 15) is 13.2 Å². The number of aromatic amines is 1. The number of azo groups is 1. The molecular weight excluding hydrogens is 408 g/mol. The van der Waals surface area contributed by atoms with E-state index >= 15 is 0 Å². The fraction of sp³-hybridized carbons (Fsp3) is 0.188. The Labute approximate surface area is 164 Å². The zero-order valence-corrected chi connectivity index (χ0v) is 16.6. The first-order valence-corrected chi connectivity index (χ1v) is 9.71. The van der Waals surface area contributed by atoms with Crippen molar-refractivity contribution >= 4 is 33.1 Å². The lowest BCUT2D eigenvalue weighted by molar-refractivity contribution is 0.483. The molecule has 0 saturated heterocycles. The lowest BCUT2D eigenvalue weighted by Crippen LogP contribution is -2.18. The largest absolute Gasteiger partial charge is 0.301 e. The topological polar surface area (TPSA) is 143 Å². The molecule has 0 saturated carbocycles. The molecule has 1 aromatic carbocycles. The monoisotopic (exact) mass is 422 g/mol. The average Bonchev–Trinajstić information content (AvgIpc) is 2.91. The Kier molecular flexibility index (Phi) is 5.15. The van der Waals surface area contributed by atoms with Crippen LogP contribution >= 0.6 is 11.6 Å². The number of benzene rings is 1. The Hall–Kier alpha value is -2.89. The van der Waals surface area contributed by atoms with Gasteiger partial charge in [0.2, 0.25) is 0 Å². The molecule has 2 N–H and O–H groups in total. The number of rotatable bonds is 4. The van der Waals surface area contributed by atoms with E-state index in [1.807, 2.05) is 0 Å². The van der Waals surface area contributed by atoms with Crippen LogP contribution in [-0.4, -0.2) is 32.7 Å². The van der Waals surface area contributed by atoms with Crippen LogP contribution in [0.2, 0.25) is 5.15 Å². The predicted molar refractivity (Wildman–Crippen MR) is 102 cm³/mol. The minimum absolute atomic E-state index is 0.0387. The van der Waals surface area contributed by atoms with E-state index in [1.165, 1.54) is 24.3 Å². The summed E-state index contributed by atoms with van der Waals surface area (Å²) in [6, 6.07) is 5.05. The van der Waals surface area contributed by atoms with Crippen molar-refractivity contribution in [1.82, 2.24) is 19.7 Å². The van der Waals surface area contributed by atoms with Crippen molar-refractivity contribution in [3.05, 3.63) is 56.7 Å². The first-order chi connectivity index (χ1) is 13.1. The zero-order chi connectivity index (χ0) is 20.6. The van der Waals surface area contributed by atoms with Crippen molar-refractivity contribution in [2.45, 2.75) is 25.7 Å². The minimum atomic E-state index is -4.29. The van der Waals surface area contributed by atoms with Crippen molar-refractivity contribution in [2.24, 2.45) is 10.2 Å². The van der Waals surface area contributed by atoms with Crippen LogP contribution in [0.5, 0.6) is 0 Å².